The number of hydrogen-bond donors (Lipinski definition) is 2. The first-order valence-electron chi connectivity index (χ1n) is 18.8. The van der Waals surface area contributed by atoms with Crippen molar-refractivity contribution in [2.75, 3.05) is 51.2 Å². The monoisotopic (exact) mass is 788 g/mol. The first-order chi connectivity index (χ1) is 26.3. The summed E-state index contributed by atoms with van der Waals surface area (Å²) in [6.07, 6.45) is 9.28. The average Bonchev–Trinajstić information content (AvgIpc) is 3.79. The van der Waals surface area contributed by atoms with Gasteiger partial charge in [0.15, 0.2) is 5.82 Å². The molecule has 0 spiro atoms. The lowest BCUT2D eigenvalue weighted by Gasteiger charge is -2.25. The minimum atomic E-state index is -0.263. The van der Waals surface area contributed by atoms with Gasteiger partial charge in [-0.1, -0.05) is 0 Å². The standard InChI is InChI=1S/C20H27N5O2.C14H21ClN4O.C7H9NO/c1-20(2,3)24-17(26)12-25(4)19-14-7-6-8-15(14)22-18(23-19)16-11-13(27-5)9-10-21-16;1-14(2,3)18-11(20)8-19(4)12-9-6-5-7-10(9)16-13(15)17-12;1-6-5-7(9-2)3-4-8-6/h9-11H,6-8,12H2,1-5H3,(H,24,26);5-8H2,1-4H3,(H,18,20);3-5H,1-2H3. The van der Waals surface area contributed by atoms with Crippen molar-refractivity contribution in [1.82, 2.24) is 40.5 Å². The topological polar surface area (TPSA) is 160 Å². The highest BCUT2D eigenvalue weighted by Gasteiger charge is 2.25. The predicted octanol–water partition coefficient (Wildman–Crippen LogP) is 5.76. The van der Waals surface area contributed by atoms with Crippen molar-refractivity contribution < 1.29 is 19.1 Å². The van der Waals surface area contributed by atoms with Crippen LogP contribution in [0.2, 0.25) is 5.28 Å². The Morgan fingerprint density at radius 1 is 0.714 bits per heavy atom. The molecule has 302 valence electrons. The summed E-state index contributed by atoms with van der Waals surface area (Å²) in [6, 6.07) is 7.33. The van der Waals surface area contributed by atoms with Crippen molar-refractivity contribution in [2.45, 2.75) is 98.1 Å². The van der Waals surface area contributed by atoms with E-state index in [9.17, 15) is 9.59 Å². The van der Waals surface area contributed by atoms with Gasteiger partial charge >= 0.3 is 0 Å². The fourth-order valence-corrected chi connectivity index (χ4v) is 6.53. The molecule has 2 aliphatic rings. The summed E-state index contributed by atoms with van der Waals surface area (Å²) in [5, 5.41) is 6.19. The van der Waals surface area contributed by atoms with E-state index < -0.39 is 0 Å². The summed E-state index contributed by atoms with van der Waals surface area (Å²) >= 11 is 5.97. The normalized spacial score (nSPS) is 12.9. The largest absolute Gasteiger partial charge is 0.497 e. The molecule has 2 N–H and O–H groups in total. The maximum atomic E-state index is 12.4. The molecular weight excluding hydrogens is 732 g/mol. The molecule has 0 unspecified atom stereocenters. The highest BCUT2D eigenvalue weighted by molar-refractivity contribution is 6.28. The molecule has 0 saturated carbocycles. The van der Waals surface area contributed by atoms with E-state index >= 15 is 0 Å². The Balaban J connectivity index is 0.000000209. The minimum absolute atomic E-state index is 0.0264. The highest BCUT2D eigenvalue weighted by Crippen LogP contribution is 2.32. The van der Waals surface area contributed by atoms with Gasteiger partial charge in [0.25, 0.3) is 0 Å². The second-order valence-corrected chi connectivity index (χ2v) is 16.3. The zero-order valence-electron chi connectivity index (χ0n) is 34.7. The Bertz CT molecular complexity index is 1980. The number of amides is 2. The molecule has 4 heterocycles. The van der Waals surface area contributed by atoms with Gasteiger partial charge in [0.05, 0.1) is 33.0 Å². The first kappa shape index (κ1) is 43.6. The van der Waals surface area contributed by atoms with E-state index in [2.05, 4.69) is 30.6 Å². The Labute approximate surface area is 336 Å². The minimum Gasteiger partial charge on any atom is -0.497 e. The lowest BCUT2D eigenvalue weighted by Crippen LogP contribution is -2.45. The lowest BCUT2D eigenvalue weighted by atomic mass is 10.1. The molecule has 0 aliphatic heterocycles. The fraction of sp³-hybridized carbons (Fsp3) is 0.512. The highest BCUT2D eigenvalue weighted by atomic mass is 35.5. The molecule has 4 aromatic rings. The van der Waals surface area contributed by atoms with Crippen LogP contribution in [-0.2, 0) is 35.3 Å². The summed E-state index contributed by atoms with van der Waals surface area (Å²) in [7, 11) is 7.02. The number of halogens is 1. The number of likely N-dealkylation sites (N-methyl/N-ethyl adjacent to an activating group) is 2. The van der Waals surface area contributed by atoms with Crippen LogP contribution in [0.5, 0.6) is 11.5 Å². The van der Waals surface area contributed by atoms with Gasteiger partial charge in [0.2, 0.25) is 17.1 Å². The van der Waals surface area contributed by atoms with E-state index in [-0.39, 0.29) is 41.3 Å². The van der Waals surface area contributed by atoms with E-state index in [0.717, 1.165) is 84.1 Å². The third-order valence-corrected chi connectivity index (χ3v) is 8.78. The van der Waals surface area contributed by atoms with Gasteiger partial charge < -0.3 is 29.9 Å². The van der Waals surface area contributed by atoms with Gasteiger partial charge in [-0.3, -0.25) is 19.6 Å². The van der Waals surface area contributed by atoms with E-state index in [1.807, 2.05) is 90.6 Å². The number of pyridine rings is 2. The Kier molecular flexibility index (Phi) is 14.9. The van der Waals surface area contributed by atoms with E-state index in [4.69, 9.17) is 31.0 Å². The van der Waals surface area contributed by atoms with Gasteiger partial charge in [0, 0.05) is 72.2 Å². The number of hydrogen-bond acceptors (Lipinski definition) is 12. The Morgan fingerprint density at radius 2 is 1.20 bits per heavy atom. The summed E-state index contributed by atoms with van der Waals surface area (Å²) in [5.41, 5.74) is 5.47. The molecule has 14 nitrogen and oxygen atoms in total. The number of nitrogens with zero attached hydrogens (tertiary/aromatic N) is 8. The maximum absolute atomic E-state index is 12.4. The van der Waals surface area contributed by atoms with Crippen LogP contribution in [0.1, 0.15) is 82.6 Å². The lowest BCUT2D eigenvalue weighted by molar-refractivity contribution is -0.122. The average molecular weight is 789 g/mol. The van der Waals surface area contributed by atoms with Gasteiger partial charge in [-0.15, -0.1) is 0 Å². The van der Waals surface area contributed by atoms with Crippen LogP contribution in [0.4, 0.5) is 11.6 Å². The quantitative estimate of drug-likeness (QED) is 0.198. The van der Waals surface area contributed by atoms with Crippen molar-refractivity contribution in [3.05, 3.63) is 70.2 Å². The van der Waals surface area contributed by atoms with Crippen molar-refractivity contribution >= 4 is 35.1 Å². The number of ether oxygens (including phenoxy) is 2. The van der Waals surface area contributed by atoms with Crippen molar-refractivity contribution in [3.63, 3.8) is 0 Å². The Morgan fingerprint density at radius 3 is 1.68 bits per heavy atom. The number of carbonyl (C=O) groups is 2. The van der Waals surface area contributed by atoms with E-state index in [1.54, 1.807) is 32.7 Å². The fourth-order valence-electron chi connectivity index (χ4n) is 6.35. The van der Waals surface area contributed by atoms with Crippen LogP contribution < -0.4 is 29.9 Å². The molecule has 56 heavy (non-hydrogen) atoms. The number of aryl methyl sites for hydroxylation is 3. The van der Waals surface area contributed by atoms with Gasteiger partial charge in [-0.2, -0.15) is 0 Å². The summed E-state index contributed by atoms with van der Waals surface area (Å²) in [5.74, 6) is 3.67. The Hall–Kier alpha value is -5.11. The molecule has 2 amide bonds. The smallest absolute Gasteiger partial charge is 0.239 e. The second-order valence-electron chi connectivity index (χ2n) is 16.0. The van der Waals surface area contributed by atoms with Gasteiger partial charge in [-0.05, 0) is 111 Å². The SMILES string of the molecule is CN(CC(=O)NC(C)(C)C)c1nc(Cl)nc2c1CCC2.COc1ccnc(-c2nc3c(c(N(C)CC(=O)NC(C)(C)C)n2)CCC3)c1.COc1ccnc(C)c1. The molecular formula is C41H57ClN10O4. The molecule has 0 atom stereocenters. The zero-order valence-corrected chi connectivity index (χ0v) is 35.5. The van der Waals surface area contributed by atoms with Crippen molar-refractivity contribution in [2.24, 2.45) is 0 Å². The van der Waals surface area contributed by atoms with Gasteiger partial charge in [0.1, 0.15) is 28.8 Å². The summed E-state index contributed by atoms with van der Waals surface area (Å²) in [6.45, 7) is 14.2. The number of nitrogens with one attached hydrogen (secondary N) is 2. The molecule has 0 bridgehead atoms. The summed E-state index contributed by atoms with van der Waals surface area (Å²) in [4.78, 5) is 54.5. The van der Waals surface area contributed by atoms with Crippen LogP contribution in [0.3, 0.4) is 0 Å². The zero-order chi connectivity index (χ0) is 41.2. The molecule has 6 rings (SSSR count). The molecule has 0 saturated heterocycles. The number of anilines is 2. The number of rotatable bonds is 9. The summed E-state index contributed by atoms with van der Waals surface area (Å²) < 4.78 is 10.2. The second kappa shape index (κ2) is 19.2. The number of aromatic nitrogens is 6. The molecule has 2 aliphatic carbocycles. The third kappa shape index (κ3) is 13.0. The molecule has 0 aromatic carbocycles. The number of methoxy groups -OCH3 is 2. The number of fused-ring (bicyclic) bond motifs is 2. The van der Waals surface area contributed by atoms with E-state index in [1.165, 1.54) is 0 Å². The van der Waals surface area contributed by atoms with Crippen LogP contribution in [0.15, 0.2) is 36.7 Å². The molecule has 0 radical (unpaired) electrons. The van der Waals surface area contributed by atoms with Crippen LogP contribution in [-0.4, -0.2) is 94.2 Å². The van der Waals surface area contributed by atoms with E-state index in [0.29, 0.717) is 17.3 Å². The third-order valence-electron chi connectivity index (χ3n) is 8.61. The number of carbonyl (C=O) groups excluding carboxylic acids is 2. The molecule has 0 fully saturated rings. The molecule has 4 aromatic heterocycles. The predicted molar refractivity (Wildman–Crippen MR) is 221 cm³/mol. The van der Waals surface area contributed by atoms with Crippen LogP contribution in [0.25, 0.3) is 11.5 Å². The van der Waals surface area contributed by atoms with Crippen molar-refractivity contribution in [1.29, 1.82) is 0 Å². The van der Waals surface area contributed by atoms with Crippen molar-refractivity contribution in [3.8, 4) is 23.0 Å². The van der Waals surface area contributed by atoms with Gasteiger partial charge in [-0.25, -0.2) is 19.9 Å². The van der Waals surface area contributed by atoms with Crippen LogP contribution >= 0.6 is 11.6 Å². The maximum Gasteiger partial charge on any atom is 0.239 e. The molecule has 15 heteroatoms. The van der Waals surface area contributed by atoms with Crippen LogP contribution in [0, 0.1) is 6.92 Å². The first-order valence-corrected chi connectivity index (χ1v) is 19.2.